The minimum absolute atomic E-state index is 0.368. The molecule has 1 saturated heterocycles. The molecule has 5 nitrogen and oxygen atoms in total. The number of halogens is 2. The van der Waals surface area contributed by atoms with E-state index in [-0.39, 0.29) is 0 Å². The highest BCUT2D eigenvalue weighted by Crippen LogP contribution is 2.39. The minimum Gasteiger partial charge on any atom is -0.342 e. The molecule has 0 N–H and O–H groups in total. The Morgan fingerprint density at radius 3 is 2.74 bits per heavy atom. The van der Waals surface area contributed by atoms with Gasteiger partial charge in [0.15, 0.2) is 0 Å². The van der Waals surface area contributed by atoms with E-state index in [1.165, 1.54) is 6.33 Å². The van der Waals surface area contributed by atoms with E-state index >= 15 is 0 Å². The van der Waals surface area contributed by atoms with Gasteiger partial charge in [0.05, 0.1) is 23.3 Å². The van der Waals surface area contributed by atoms with Crippen molar-refractivity contribution in [2.24, 2.45) is 0 Å². The maximum Gasteiger partial charge on any atom is 0.216 e. The van der Waals surface area contributed by atoms with Crippen LogP contribution in [-0.2, 0) is 21.8 Å². The molecule has 0 radical (unpaired) electrons. The summed E-state index contributed by atoms with van der Waals surface area (Å²) in [7, 11) is 0. The van der Waals surface area contributed by atoms with Crippen LogP contribution < -0.4 is 0 Å². The summed E-state index contributed by atoms with van der Waals surface area (Å²) in [5.41, 5.74) is 0.703. The molecule has 0 bridgehead atoms. The first-order valence-corrected chi connectivity index (χ1v) is 6.52. The maximum atomic E-state index is 6.27. The number of nitrogens with zero attached hydrogens (tertiary/aromatic N) is 3. The number of ether oxygens (including phenoxy) is 2. The van der Waals surface area contributed by atoms with E-state index < -0.39 is 5.79 Å². The van der Waals surface area contributed by atoms with Crippen LogP contribution in [0.15, 0.2) is 30.9 Å². The van der Waals surface area contributed by atoms with Gasteiger partial charge in [-0.1, -0.05) is 35.3 Å². The van der Waals surface area contributed by atoms with E-state index in [2.05, 4.69) is 10.1 Å². The standard InChI is InChI=1S/C12H11Cl2N3O2/c13-10-3-1-2-9(11(10)14)12(18-4-5-19-12)6-17-8-15-7-16-17/h1-3,7-8H,4-6H2. The molecule has 0 saturated carbocycles. The van der Waals surface area contributed by atoms with Crippen LogP contribution in [0.2, 0.25) is 10.0 Å². The topological polar surface area (TPSA) is 49.2 Å². The number of hydrogen-bond acceptors (Lipinski definition) is 4. The van der Waals surface area contributed by atoms with Gasteiger partial charge in [-0.3, -0.25) is 0 Å². The maximum absolute atomic E-state index is 6.27. The molecule has 100 valence electrons. The van der Waals surface area contributed by atoms with Gasteiger partial charge >= 0.3 is 0 Å². The molecule has 1 aliphatic heterocycles. The summed E-state index contributed by atoms with van der Waals surface area (Å²) >= 11 is 12.3. The largest absolute Gasteiger partial charge is 0.342 e. The molecule has 2 aromatic rings. The van der Waals surface area contributed by atoms with Gasteiger partial charge in [0.25, 0.3) is 0 Å². The van der Waals surface area contributed by atoms with Crippen molar-refractivity contribution in [3.63, 3.8) is 0 Å². The minimum atomic E-state index is -0.963. The summed E-state index contributed by atoms with van der Waals surface area (Å²) in [6, 6.07) is 5.39. The molecule has 7 heteroatoms. The first-order chi connectivity index (χ1) is 9.21. The van der Waals surface area contributed by atoms with Crippen LogP contribution in [0.5, 0.6) is 0 Å². The number of hydrogen-bond donors (Lipinski definition) is 0. The van der Waals surface area contributed by atoms with Gasteiger partial charge in [0.1, 0.15) is 19.2 Å². The predicted molar refractivity (Wildman–Crippen MR) is 70.1 cm³/mol. The Bertz CT molecular complexity index is 568. The summed E-state index contributed by atoms with van der Waals surface area (Å²) in [5, 5.41) is 4.98. The molecule has 0 unspecified atom stereocenters. The van der Waals surface area contributed by atoms with E-state index in [0.29, 0.717) is 35.4 Å². The van der Waals surface area contributed by atoms with Crippen molar-refractivity contribution in [2.75, 3.05) is 13.2 Å². The summed E-state index contributed by atoms with van der Waals surface area (Å²) in [4.78, 5) is 3.91. The zero-order valence-electron chi connectivity index (χ0n) is 9.92. The lowest BCUT2D eigenvalue weighted by Crippen LogP contribution is -2.33. The zero-order valence-corrected chi connectivity index (χ0v) is 11.4. The second-order valence-corrected chi connectivity index (χ2v) is 4.93. The van der Waals surface area contributed by atoms with Crippen molar-refractivity contribution in [2.45, 2.75) is 12.3 Å². The summed E-state index contributed by atoms with van der Waals surface area (Å²) < 4.78 is 13.2. The molecule has 1 fully saturated rings. The SMILES string of the molecule is Clc1cccc(C2(Cn3cncn3)OCCO2)c1Cl. The molecule has 0 aliphatic carbocycles. The first kappa shape index (κ1) is 12.9. The van der Waals surface area contributed by atoms with E-state index in [1.54, 1.807) is 17.1 Å². The molecule has 0 spiro atoms. The quantitative estimate of drug-likeness (QED) is 0.874. The highest BCUT2D eigenvalue weighted by molar-refractivity contribution is 6.42. The van der Waals surface area contributed by atoms with Crippen molar-refractivity contribution in [1.29, 1.82) is 0 Å². The second kappa shape index (κ2) is 5.09. The average Bonchev–Trinajstić information content (AvgIpc) is 3.05. The molecule has 1 aromatic heterocycles. The Labute approximate surface area is 120 Å². The average molecular weight is 300 g/mol. The van der Waals surface area contributed by atoms with E-state index in [1.807, 2.05) is 12.1 Å². The number of rotatable bonds is 3. The summed E-state index contributed by atoms with van der Waals surface area (Å²) in [6.07, 6.45) is 3.06. The fourth-order valence-electron chi connectivity index (χ4n) is 2.11. The predicted octanol–water partition coefficient (Wildman–Crippen LogP) is 2.48. The molecule has 19 heavy (non-hydrogen) atoms. The molecule has 1 aliphatic rings. The number of aromatic nitrogens is 3. The van der Waals surface area contributed by atoms with Gasteiger partial charge in [-0.15, -0.1) is 0 Å². The van der Waals surface area contributed by atoms with Gasteiger partial charge in [-0.2, -0.15) is 5.10 Å². The van der Waals surface area contributed by atoms with Crippen LogP contribution in [-0.4, -0.2) is 28.0 Å². The van der Waals surface area contributed by atoms with Crippen LogP contribution in [0.1, 0.15) is 5.56 Å². The first-order valence-electron chi connectivity index (χ1n) is 5.76. The fraction of sp³-hybridized carbons (Fsp3) is 0.333. The monoisotopic (exact) mass is 299 g/mol. The molecule has 3 rings (SSSR count). The van der Waals surface area contributed by atoms with Crippen LogP contribution in [0, 0.1) is 0 Å². The van der Waals surface area contributed by atoms with E-state index in [0.717, 1.165) is 0 Å². The van der Waals surface area contributed by atoms with Crippen molar-refractivity contribution < 1.29 is 9.47 Å². The van der Waals surface area contributed by atoms with Crippen LogP contribution in [0.4, 0.5) is 0 Å². The van der Waals surface area contributed by atoms with Crippen LogP contribution in [0.3, 0.4) is 0 Å². The second-order valence-electron chi connectivity index (χ2n) is 4.14. The lowest BCUT2D eigenvalue weighted by molar-refractivity contribution is -0.177. The van der Waals surface area contributed by atoms with Crippen molar-refractivity contribution in [3.8, 4) is 0 Å². The van der Waals surface area contributed by atoms with Gasteiger partial charge in [0.2, 0.25) is 5.79 Å². The molecule has 2 heterocycles. The van der Waals surface area contributed by atoms with Crippen LogP contribution >= 0.6 is 23.2 Å². The lowest BCUT2D eigenvalue weighted by Gasteiger charge is -2.28. The summed E-state index contributed by atoms with van der Waals surface area (Å²) in [5.74, 6) is -0.963. The third kappa shape index (κ3) is 2.34. The lowest BCUT2D eigenvalue weighted by atomic mass is 10.1. The smallest absolute Gasteiger partial charge is 0.216 e. The Morgan fingerprint density at radius 2 is 2.05 bits per heavy atom. The van der Waals surface area contributed by atoms with Crippen LogP contribution in [0.25, 0.3) is 0 Å². The zero-order chi connectivity index (χ0) is 13.3. The highest BCUT2D eigenvalue weighted by atomic mass is 35.5. The van der Waals surface area contributed by atoms with E-state index in [9.17, 15) is 0 Å². The van der Waals surface area contributed by atoms with Crippen molar-refractivity contribution in [3.05, 3.63) is 46.5 Å². The highest BCUT2D eigenvalue weighted by Gasteiger charge is 2.41. The third-order valence-electron chi connectivity index (χ3n) is 2.95. The van der Waals surface area contributed by atoms with Gasteiger partial charge in [-0.25, -0.2) is 9.67 Å². The Balaban J connectivity index is 2.02. The van der Waals surface area contributed by atoms with Gasteiger partial charge in [0, 0.05) is 5.56 Å². The van der Waals surface area contributed by atoms with Gasteiger partial charge < -0.3 is 9.47 Å². The summed E-state index contributed by atoms with van der Waals surface area (Å²) in [6.45, 7) is 1.36. The molecule has 0 amide bonds. The van der Waals surface area contributed by atoms with Crippen molar-refractivity contribution in [1.82, 2.24) is 14.8 Å². The Hall–Kier alpha value is -1.14. The molecule has 1 aromatic carbocycles. The Morgan fingerprint density at radius 1 is 1.26 bits per heavy atom. The molecule has 0 atom stereocenters. The van der Waals surface area contributed by atoms with Crippen molar-refractivity contribution >= 4 is 23.2 Å². The van der Waals surface area contributed by atoms with E-state index in [4.69, 9.17) is 32.7 Å². The number of benzene rings is 1. The normalized spacial score (nSPS) is 17.8. The molecular formula is C12H11Cl2N3O2. The molecular weight excluding hydrogens is 289 g/mol. The fourth-order valence-corrected chi connectivity index (χ4v) is 2.56. The Kier molecular flexibility index (Phi) is 3.45. The third-order valence-corrected chi connectivity index (χ3v) is 3.77. The van der Waals surface area contributed by atoms with Gasteiger partial charge in [-0.05, 0) is 6.07 Å².